The van der Waals surface area contributed by atoms with E-state index >= 15 is 0 Å². The lowest BCUT2D eigenvalue weighted by Gasteiger charge is -2.31. The number of hydrogen-bond donors (Lipinski definition) is 2. The lowest BCUT2D eigenvalue weighted by molar-refractivity contribution is 0.0947. The molecule has 2 aliphatic heterocycles. The van der Waals surface area contributed by atoms with Crippen molar-refractivity contribution >= 4 is 11.9 Å². The summed E-state index contributed by atoms with van der Waals surface area (Å²) in [7, 11) is 0. The molecule has 22 heavy (non-hydrogen) atoms. The molecule has 0 fully saturated rings. The molecule has 5 heteroatoms. The van der Waals surface area contributed by atoms with Crippen LogP contribution in [0.1, 0.15) is 27.5 Å². The Morgan fingerprint density at radius 3 is 3.05 bits per heavy atom. The van der Waals surface area contributed by atoms with Gasteiger partial charge in [-0.05, 0) is 30.0 Å². The highest BCUT2D eigenvalue weighted by atomic mass is 16.7. The monoisotopic (exact) mass is 293 g/mol. The van der Waals surface area contributed by atoms with Gasteiger partial charge < -0.3 is 19.9 Å². The van der Waals surface area contributed by atoms with Gasteiger partial charge in [0.1, 0.15) is 11.8 Å². The summed E-state index contributed by atoms with van der Waals surface area (Å²) in [6.07, 6.45) is 3.67. The van der Waals surface area contributed by atoms with Crippen molar-refractivity contribution in [2.24, 2.45) is 0 Å². The fourth-order valence-electron chi connectivity index (χ4n) is 3.46. The second kappa shape index (κ2) is 3.82. The molecule has 5 rings (SSSR count). The highest BCUT2D eigenvalue weighted by Crippen LogP contribution is 2.54. The third-order valence-corrected chi connectivity index (χ3v) is 4.37. The van der Waals surface area contributed by atoms with E-state index in [9.17, 15) is 9.90 Å². The van der Waals surface area contributed by atoms with Crippen molar-refractivity contribution in [3.63, 3.8) is 0 Å². The average molecular weight is 293 g/mol. The number of phenols is 1. The number of carbonyl (C=O) groups is 1. The van der Waals surface area contributed by atoms with E-state index < -0.39 is 6.04 Å². The van der Waals surface area contributed by atoms with Gasteiger partial charge in [-0.25, -0.2) is 0 Å². The summed E-state index contributed by atoms with van der Waals surface area (Å²) in [4.78, 5) is 12.8. The Balaban J connectivity index is 1.98. The van der Waals surface area contributed by atoms with E-state index in [0.29, 0.717) is 22.6 Å². The molecule has 0 spiro atoms. The molecule has 2 N–H and O–H groups in total. The number of phenolic OH excluding ortho intramolecular Hbond substituents is 1. The number of carbonyl (C=O) groups excluding carboxylic acids is 1. The fraction of sp³-hybridized carbons (Fsp3) is 0.118. The van der Waals surface area contributed by atoms with Crippen LogP contribution < -0.4 is 14.8 Å². The summed E-state index contributed by atoms with van der Waals surface area (Å²) in [6.45, 7) is 0.143. The van der Waals surface area contributed by atoms with Crippen molar-refractivity contribution in [1.29, 1.82) is 0 Å². The minimum atomic E-state index is -0.459. The zero-order chi connectivity index (χ0) is 14.8. The third kappa shape index (κ3) is 1.26. The lowest BCUT2D eigenvalue weighted by Crippen LogP contribution is -2.31. The van der Waals surface area contributed by atoms with E-state index in [1.165, 1.54) is 0 Å². The van der Waals surface area contributed by atoms with Crippen LogP contribution in [0.15, 0.2) is 30.5 Å². The molecule has 1 aliphatic carbocycles. The molecule has 0 aromatic heterocycles. The maximum Gasteiger partial charge on any atom is 0.231 e. The summed E-state index contributed by atoms with van der Waals surface area (Å²) in [5.41, 5.74) is 3.52. The SMILES string of the molecule is O=C1c2cccc(O)c2-c2c3c(cc4c2C1NC=C4)OCO3. The van der Waals surface area contributed by atoms with Crippen LogP contribution in [-0.2, 0) is 0 Å². The van der Waals surface area contributed by atoms with Crippen LogP contribution in [0.3, 0.4) is 0 Å². The first-order valence-corrected chi connectivity index (χ1v) is 7.01. The van der Waals surface area contributed by atoms with Gasteiger partial charge in [-0.2, -0.15) is 0 Å². The Labute approximate surface area is 125 Å². The molecule has 1 atom stereocenters. The van der Waals surface area contributed by atoms with Gasteiger partial charge in [0, 0.05) is 22.3 Å². The summed E-state index contributed by atoms with van der Waals surface area (Å²) in [5, 5.41) is 13.4. The molecule has 108 valence electrons. The molecule has 0 saturated carbocycles. The van der Waals surface area contributed by atoms with Crippen molar-refractivity contribution in [1.82, 2.24) is 5.32 Å². The average Bonchev–Trinajstić information content (AvgIpc) is 2.99. The van der Waals surface area contributed by atoms with Crippen LogP contribution in [-0.4, -0.2) is 17.7 Å². The molecular formula is C17H11NO4. The van der Waals surface area contributed by atoms with Gasteiger partial charge in [0.25, 0.3) is 0 Å². The maximum atomic E-state index is 12.8. The van der Waals surface area contributed by atoms with Crippen molar-refractivity contribution in [3.05, 3.63) is 47.2 Å². The topological polar surface area (TPSA) is 67.8 Å². The molecule has 2 heterocycles. The van der Waals surface area contributed by atoms with Gasteiger partial charge in [-0.15, -0.1) is 0 Å². The van der Waals surface area contributed by atoms with Crippen molar-refractivity contribution in [3.8, 4) is 28.4 Å². The van der Waals surface area contributed by atoms with E-state index in [2.05, 4.69) is 5.32 Å². The number of fused-ring (bicyclic) bond motifs is 4. The van der Waals surface area contributed by atoms with Gasteiger partial charge in [-0.3, -0.25) is 4.79 Å². The number of Topliss-reactive ketones (excluding diaryl/α,β-unsaturated/α-hetero) is 1. The number of ketones is 1. The van der Waals surface area contributed by atoms with Gasteiger partial charge in [0.15, 0.2) is 17.3 Å². The molecule has 0 amide bonds. The standard InChI is InChI=1S/C17H11NO4/c19-10-3-1-2-9-13(10)14-12-8(4-5-18-15(12)16(9)20)6-11-17(14)22-7-21-11/h1-6,15,18-19H,7H2. The van der Waals surface area contributed by atoms with E-state index in [1.54, 1.807) is 24.4 Å². The quantitative estimate of drug-likeness (QED) is 0.781. The first-order chi connectivity index (χ1) is 10.8. The van der Waals surface area contributed by atoms with Gasteiger partial charge >= 0.3 is 0 Å². The molecule has 0 bridgehead atoms. The Hall–Kier alpha value is -2.95. The Bertz CT molecular complexity index is 885. The highest BCUT2D eigenvalue weighted by molar-refractivity contribution is 6.13. The molecule has 2 aromatic rings. The minimum Gasteiger partial charge on any atom is -0.507 e. The maximum absolute atomic E-state index is 12.8. The second-order valence-corrected chi connectivity index (χ2v) is 5.49. The largest absolute Gasteiger partial charge is 0.507 e. The van der Waals surface area contributed by atoms with Crippen LogP contribution in [0.5, 0.6) is 17.2 Å². The number of rotatable bonds is 0. The van der Waals surface area contributed by atoms with E-state index in [1.807, 2.05) is 12.1 Å². The Morgan fingerprint density at radius 1 is 1.23 bits per heavy atom. The molecule has 1 unspecified atom stereocenters. The molecule has 2 aromatic carbocycles. The predicted octanol–water partition coefficient (Wildman–Crippen LogP) is 2.60. The smallest absolute Gasteiger partial charge is 0.231 e. The summed E-state index contributed by atoms with van der Waals surface area (Å²) in [5.74, 6) is 1.26. The van der Waals surface area contributed by atoms with Gasteiger partial charge in [0.2, 0.25) is 6.79 Å². The first kappa shape index (κ1) is 11.7. The van der Waals surface area contributed by atoms with Crippen LogP contribution in [0.4, 0.5) is 0 Å². The number of benzene rings is 2. The number of aromatic hydroxyl groups is 1. The van der Waals surface area contributed by atoms with Crippen molar-refractivity contribution in [2.45, 2.75) is 6.04 Å². The summed E-state index contributed by atoms with van der Waals surface area (Å²) < 4.78 is 11.1. The number of nitrogens with one attached hydrogen (secondary N) is 1. The number of hydrogen-bond acceptors (Lipinski definition) is 5. The highest BCUT2D eigenvalue weighted by Gasteiger charge is 2.40. The van der Waals surface area contributed by atoms with Gasteiger partial charge in [-0.1, -0.05) is 12.1 Å². The number of ether oxygens (including phenoxy) is 2. The van der Waals surface area contributed by atoms with Crippen molar-refractivity contribution < 1.29 is 19.4 Å². The molecular weight excluding hydrogens is 282 g/mol. The van der Waals surface area contributed by atoms with E-state index in [-0.39, 0.29) is 18.3 Å². The Morgan fingerprint density at radius 2 is 2.14 bits per heavy atom. The van der Waals surface area contributed by atoms with Gasteiger partial charge in [0.05, 0.1) is 0 Å². The van der Waals surface area contributed by atoms with Crippen LogP contribution in [0.2, 0.25) is 0 Å². The molecule has 0 saturated heterocycles. The van der Waals surface area contributed by atoms with Crippen LogP contribution in [0.25, 0.3) is 17.2 Å². The van der Waals surface area contributed by atoms with Crippen molar-refractivity contribution in [2.75, 3.05) is 6.79 Å². The van der Waals surface area contributed by atoms with Crippen LogP contribution in [0, 0.1) is 0 Å². The molecule has 0 radical (unpaired) electrons. The normalized spacial score (nSPS) is 19.5. The zero-order valence-electron chi connectivity index (χ0n) is 11.4. The second-order valence-electron chi connectivity index (χ2n) is 5.49. The summed E-state index contributed by atoms with van der Waals surface area (Å²) >= 11 is 0. The molecule has 3 aliphatic rings. The Kier molecular flexibility index (Phi) is 2.03. The lowest BCUT2D eigenvalue weighted by atomic mass is 9.77. The summed E-state index contributed by atoms with van der Waals surface area (Å²) in [6, 6.07) is 6.41. The fourth-order valence-corrected chi connectivity index (χ4v) is 3.46. The minimum absolute atomic E-state index is 0.0529. The first-order valence-electron chi connectivity index (χ1n) is 7.01. The zero-order valence-corrected chi connectivity index (χ0v) is 11.4. The molecule has 5 nitrogen and oxygen atoms in total. The van der Waals surface area contributed by atoms with E-state index in [0.717, 1.165) is 16.7 Å². The van der Waals surface area contributed by atoms with E-state index in [4.69, 9.17) is 9.47 Å². The van der Waals surface area contributed by atoms with Crippen LogP contribution >= 0.6 is 0 Å². The predicted molar refractivity (Wildman–Crippen MR) is 78.9 cm³/mol. The third-order valence-electron chi connectivity index (χ3n) is 4.37.